The van der Waals surface area contributed by atoms with Crippen molar-refractivity contribution in [2.45, 2.75) is 33.2 Å². The first-order valence-electron chi connectivity index (χ1n) is 5.98. The number of carbonyl (C=O) groups is 1. The van der Waals surface area contributed by atoms with Gasteiger partial charge in [0.05, 0.1) is 5.56 Å². The van der Waals surface area contributed by atoms with Crippen LogP contribution in [0.25, 0.3) is 0 Å². The van der Waals surface area contributed by atoms with Crippen molar-refractivity contribution >= 4 is 17.3 Å². The third-order valence-electron chi connectivity index (χ3n) is 2.27. The summed E-state index contributed by atoms with van der Waals surface area (Å²) in [5, 5.41) is 6.10. The SMILES string of the molecule is CCCNC(=O)c1cc(N)ccc1NC(C)C. The van der Waals surface area contributed by atoms with Crippen molar-refractivity contribution in [1.82, 2.24) is 5.32 Å². The molecule has 0 aliphatic heterocycles. The van der Waals surface area contributed by atoms with E-state index in [1.807, 2.05) is 26.8 Å². The van der Waals surface area contributed by atoms with E-state index in [0.29, 0.717) is 17.8 Å². The molecule has 1 aromatic rings. The molecule has 17 heavy (non-hydrogen) atoms. The van der Waals surface area contributed by atoms with Crippen LogP contribution in [0.2, 0.25) is 0 Å². The lowest BCUT2D eigenvalue weighted by atomic mass is 10.1. The summed E-state index contributed by atoms with van der Waals surface area (Å²) in [5.41, 5.74) is 7.74. The van der Waals surface area contributed by atoms with E-state index < -0.39 is 0 Å². The van der Waals surface area contributed by atoms with Crippen molar-refractivity contribution in [2.75, 3.05) is 17.6 Å². The van der Waals surface area contributed by atoms with Gasteiger partial charge in [0.15, 0.2) is 0 Å². The highest BCUT2D eigenvalue weighted by molar-refractivity contribution is 6.00. The molecule has 0 atom stereocenters. The van der Waals surface area contributed by atoms with E-state index in [1.165, 1.54) is 0 Å². The van der Waals surface area contributed by atoms with Gasteiger partial charge in [-0.25, -0.2) is 0 Å². The van der Waals surface area contributed by atoms with E-state index in [4.69, 9.17) is 5.73 Å². The number of nitrogen functional groups attached to an aromatic ring is 1. The molecule has 0 bridgehead atoms. The van der Waals surface area contributed by atoms with Crippen LogP contribution in [-0.2, 0) is 0 Å². The Balaban J connectivity index is 2.93. The van der Waals surface area contributed by atoms with Gasteiger partial charge in [0.1, 0.15) is 0 Å². The normalized spacial score (nSPS) is 10.4. The van der Waals surface area contributed by atoms with Crippen LogP contribution in [0, 0.1) is 0 Å². The lowest BCUT2D eigenvalue weighted by molar-refractivity contribution is 0.0954. The van der Waals surface area contributed by atoms with Gasteiger partial charge in [-0.3, -0.25) is 4.79 Å². The molecule has 0 aromatic heterocycles. The van der Waals surface area contributed by atoms with Crippen molar-refractivity contribution in [3.05, 3.63) is 23.8 Å². The van der Waals surface area contributed by atoms with Crippen molar-refractivity contribution in [2.24, 2.45) is 0 Å². The highest BCUT2D eigenvalue weighted by atomic mass is 16.1. The van der Waals surface area contributed by atoms with Gasteiger partial charge in [0, 0.05) is 24.0 Å². The summed E-state index contributed by atoms with van der Waals surface area (Å²) in [7, 11) is 0. The van der Waals surface area contributed by atoms with Crippen LogP contribution in [0.3, 0.4) is 0 Å². The first kappa shape index (κ1) is 13.4. The number of nitrogens with two attached hydrogens (primary N) is 1. The Kier molecular flexibility index (Phi) is 4.82. The molecule has 0 unspecified atom stereocenters. The fourth-order valence-corrected chi connectivity index (χ4v) is 1.52. The van der Waals surface area contributed by atoms with Crippen LogP contribution < -0.4 is 16.4 Å². The van der Waals surface area contributed by atoms with Crippen molar-refractivity contribution in [1.29, 1.82) is 0 Å². The van der Waals surface area contributed by atoms with Crippen molar-refractivity contribution in [3.63, 3.8) is 0 Å². The van der Waals surface area contributed by atoms with Gasteiger partial charge in [-0.05, 0) is 38.5 Å². The highest BCUT2D eigenvalue weighted by Crippen LogP contribution is 2.19. The van der Waals surface area contributed by atoms with Crippen molar-refractivity contribution in [3.8, 4) is 0 Å². The minimum Gasteiger partial charge on any atom is -0.399 e. The summed E-state index contributed by atoms with van der Waals surface area (Å²) in [5.74, 6) is -0.0812. The Bertz CT molecular complexity index is 388. The number of nitrogens with one attached hydrogen (secondary N) is 2. The summed E-state index contributed by atoms with van der Waals surface area (Å²) >= 11 is 0. The number of rotatable bonds is 5. The summed E-state index contributed by atoms with van der Waals surface area (Å²) < 4.78 is 0. The van der Waals surface area contributed by atoms with E-state index in [-0.39, 0.29) is 11.9 Å². The molecule has 1 rings (SSSR count). The molecule has 1 amide bonds. The summed E-state index contributed by atoms with van der Waals surface area (Å²) in [6.07, 6.45) is 0.918. The third kappa shape index (κ3) is 3.98. The molecule has 0 spiro atoms. The minimum absolute atomic E-state index is 0.0812. The zero-order chi connectivity index (χ0) is 12.8. The topological polar surface area (TPSA) is 67.2 Å². The number of anilines is 2. The fourth-order valence-electron chi connectivity index (χ4n) is 1.52. The fraction of sp³-hybridized carbons (Fsp3) is 0.462. The van der Waals surface area contributed by atoms with E-state index in [0.717, 1.165) is 12.1 Å². The average molecular weight is 235 g/mol. The molecule has 1 aromatic carbocycles. The maximum atomic E-state index is 12.0. The Labute approximate surface area is 103 Å². The number of carbonyl (C=O) groups excluding carboxylic acids is 1. The zero-order valence-electron chi connectivity index (χ0n) is 10.7. The molecule has 4 nitrogen and oxygen atoms in total. The van der Waals surface area contributed by atoms with Crippen LogP contribution in [-0.4, -0.2) is 18.5 Å². The van der Waals surface area contributed by atoms with Crippen LogP contribution in [0.4, 0.5) is 11.4 Å². The second-order valence-electron chi connectivity index (χ2n) is 4.36. The first-order chi connectivity index (χ1) is 8.04. The van der Waals surface area contributed by atoms with E-state index in [9.17, 15) is 4.79 Å². The molecule has 4 N–H and O–H groups in total. The Morgan fingerprint density at radius 3 is 2.71 bits per heavy atom. The van der Waals surface area contributed by atoms with Gasteiger partial charge >= 0.3 is 0 Å². The second kappa shape index (κ2) is 6.13. The molecule has 0 saturated carbocycles. The van der Waals surface area contributed by atoms with E-state index >= 15 is 0 Å². The lowest BCUT2D eigenvalue weighted by Crippen LogP contribution is -2.26. The van der Waals surface area contributed by atoms with Crippen molar-refractivity contribution < 1.29 is 4.79 Å². The Morgan fingerprint density at radius 1 is 1.41 bits per heavy atom. The van der Waals surface area contributed by atoms with E-state index in [1.54, 1.807) is 12.1 Å². The first-order valence-corrected chi connectivity index (χ1v) is 5.98. The molecule has 0 heterocycles. The summed E-state index contributed by atoms with van der Waals surface area (Å²) in [4.78, 5) is 12.0. The molecule has 0 radical (unpaired) electrons. The largest absolute Gasteiger partial charge is 0.399 e. The minimum atomic E-state index is -0.0812. The predicted molar refractivity (Wildman–Crippen MR) is 72.2 cm³/mol. The second-order valence-corrected chi connectivity index (χ2v) is 4.36. The molecule has 0 aliphatic rings. The molecule has 0 aliphatic carbocycles. The number of hydrogen-bond donors (Lipinski definition) is 3. The molecular formula is C13H21N3O. The molecule has 0 fully saturated rings. The quantitative estimate of drug-likeness (QED) is 0.686. The standard InChI is InChI=1S/C13H21N3O/c1-4-7-15-13(17)11-8-10(14)5-6-12(11)16-9(2)3/h5-6,8-9,16H,4,7,14H2,1-3H3,(H,15,17). The maximum Gasteiger partial charge on any atom is 0.253 e. The van der Waals surface area contributed by atoms with Crippen LogP contribution in [0.5, 0.6) is 0 Å². The number of amides is 1. The smallest absolute Gasteiger partial charge is 0.253 e. The number of benzene rings is 1. The molecule has 0 saturated heterocycles. The van der Waals surface area contributed by atoms with E-state index in [2.05, 4.69) is 10.6 Å². The molecule has 94 valence electrons. The summed E-state index contributed by atoms with van der Waals surface area (Å²) in [6, 6.07) is 5.61. The Morgan fingerprint density at radius 2 is 2.12 bits per heavy atom. The van der Waals surface area contributed by atoms with Gasteiger partial charge < -0.3 is 16.4 Å². The van der Waals surface area contributed by atoms with Crippen LogP contribution in [0.1, 0.15) is 37.6 Å². The lowest BCUT2D eigenvalue weighted by Gasteiger charge is -2.15. The van der Waals surface area contributed by atoms with Gasteiger partial charge in [0.25, 0.3) is 5.91 Å². The average Bonchev–Trinajstić information content (AvgIpc) is 2.27. The monoisotopic (exact) mass is 235 g/mol. The van der Waals surface area contributed by atoms with Crippen LogP contribution in [0.15, 0.2) is 18.2 Å². The molecule has 4 heteroatoms. The summed E-state index contributed by atoms with van der Waals surface area (Å²) in [6.45, 7) is 6.76. The van der Waals surface area contributed by atoms with Gasteiger partial charge in [-0.1, -0.05) is 6.92 Å². The third-order valence-corrected chi connectivity index (χ3v) is 2.27. The van der Waals surface area contributed by atoms with Gasteiger partial charge in [0.2, 0.25) is 0 Å². The maximum absolute atomic E-state index is 12.0. The predicted octanol–water partition coefficient (Wildman–Crippen LogP) is 2.23. The van der Waals surface area contributed by atoms with Gasteiger partial charge in [-0.2, -0.15) is 0 Å². The molecular weight excluding hydrogens is 214 g/mol. The highest BCUT2D eigenvalue weighted by Gasteiger charge is 2.11. The zero-order valence-corrected chi connectivity index (χ0v) is 10.7. The Hall–Kier alpha value is -1.71. The van der Waals surface area contributed by atoms with Gasteiger partial charge in [-0.15, -0.1) is 0 Å². The number of hydrogen-bond acceptors (Lipinski definition) is 3. The van der Waals surface area contributed by atoms with Crippen LogP contribution >= 0.6 is 0 Å².